The van der Waals surface area contributed by atoms with Crippen molar-refractivity contribution >= 4 is 33.2 Å². The van der Waals surface area contributed by atoms with Crippen LogP contribution in [-0.4, -0.2) is 17.4 Å². The molecule has 6 nitrogen and oxygen atoms in total. The molecule has 0 bridgehead atoms. The van der Waals surface area contributed by atoms with E-state index in [4.69, 9.17) is 4.74 Å². The zero-order valence-corrected chi connectivity index (χ0v) is 13.3. The van der Waals surface area contributed by atoms with Gasteiger partial charge in [-0.25, -0.2) is 0 Å². The molecule has 2 aromatic carbocycles. The number of nitro benzene ring substituents is 1. The zero-order valence-electron chi connectivity index (χ0n) is 11.7. The molecule has 0 unspecified atom stereocenters. The van der Waals surface area contributed by atoms with Gasteiger partial charge < -0.3 is 10.1 Å². The number of carbonyl (C=O) groups excluding carboxylic acids is 1. The fraction of sp³-hybridized carbons (Fsp3) is 0.133. The van der Waals surface area contributed by atoms with Crippen LogP contribution >= 0.6 is 15.9 Å². The Hall–Kier alpha value is -2.41. The number of aryl methyl sites for hydroxylation is 1. The van der Waals surface area contributed by atoms with E-state index in [1.807, 2.05) is 12.1 Å². The lowest BCUT2D eigenvalue weighted by atomic mass is 10.2. The van der Waals surface area contributed by atoms with Gasteiger partial charge in [0.25, 0.3) is 11.6 Å². The number of nitrogens with zero attached hydrogens (tertiary/aromatic N) is 1. The molecule has 2 rings (SSSR count). The van der Waals surface area contributed by atoms with Crippen LogP contribution in [0.1, 0.15) is 5.56 Å². The number of carbonyl (C=O) groups is 1. The molecule has 114 valence electrons. The Labute approximate surface area is 135 Å². The van der Waals surface area contributed by atoms with Crippen LogP contribution in [0.25, 0.3) is 0 Å². The van der Waals surface area contributed by atoms with E-state index in [1.165, 1.54) is 18.2 Å². The van der Waals surface area contributed by atoms with E-state index in [9.17, 15) is 14.9 Å². The monoisotopic (exact) mass is 364 g/mol. The molecule has 0 fully saturated rings. The van der Waals surface area contributed by atoms with E-state index in [0.717, 1.165) is 4.47 Å². The van der Waals surface area contributed by atoms with Gasteiger partial charge >= 0.3 is 0 Å². The van der Waals surface area contributed by atoms with Crippen molar-refractivity contribution in [3.63, 3.8) is 0 Å². The summed E-state index contributed by atoms with van der Waals surface area (Å²) >= 11 is 3.33. The molecular weight excluding hydrogens is 352 g/mol. The summed E-state index contributed by atoms with van der Waals surface area (Å²) in [5.74, 6) is 0.0910. The summed E-state index contributed by atoms with van der Waals surface area (Å²) in [5.41, 5.74) is 1.15. The lowest BCUT2D eigenvalue weighted by molar-refractivity contribution is -0.385. The first kappa shape index (κ1) is 16.0. The number of ether oxygens (including phenoxy) is 1. The van der Waals surface area contributed by atoms with Crippen molar-refractivity contribution < 1.29 is 14.5 Å². The third-order valence-electron chi connectivity index (χ3n) is 2.88. The first-order valence-electron chi connectivity index (χ1n) is 6.39. The molecular formula is C15H13BrN2O4. The molecule has 0 spiro atoms. The van der Waals surface area contributed by atoms with Crippen molar-refractivity contribution in [2.45, 2.75) is 6.92 Å². The Balaban J connectivity index is 1.95. The normalized spacial score (nSPS) is 10.1. The summed E-state index contributed by atoms with van der Waals surface area (Å²) in [6.45, 7) is 1.44. The minimum atomic E-state index is -0.460. The zero-order chi connectivity index (χ0) is 16.1. The molecule has 0 aliphatic heterocycles. The van der Waals surface area contributed by atoms with Crippen molar-refractivity contribution in [1.29, 1.82) is 0 Å². The van der Waals surface area contributed by atoms with E-state index < -0.39 is 4.92 Å². The van der Waals surface area contributed by atoms with E-state index in [1.54, 1.807) is 19.1 Å². The minimum absolute atomic E-state index is 0.0185. The number of halogens is 1. The number of para-hydroxylation sites is 1. The van der Waals surface area contributed by atoms with Crippen molar-refractivity contribution in [3.05, 3.63) is 62.6 Å². The predicted octanol–water partition coefficient (Wildman–Crippen LogP) is 3.68. The van der Waals surface area contributed by atoms with Crippen LogP contribution < -0.4 is 10.1 Å². The Morgan fingerprint density at radius 2 is 2.05 bits per heavy atom. The smallest absolute Gasteiger partial charge is 0.272 e. The van der Waals surface area contributed by atoms with Crippen LogP contribution in [0.15, 0.2) is 46.9 Å². The molecule has 0 saturated carbocycles. The molecule has 22 heavy (non-hydrogen) atoms. The Kier molecular flexibility index (Phi) is 5.11. The highest BCUT2D eigenvalue weighted by molar-refractivity contribution is 9.10. The van der Waals surface area contributed by atoms with Crippen LogP contribution in [0.2, 0.25) is 0 Å². The van der Waals surface area contributed by atoms with Crippen molar-refractivity contribution in [3.8, 4) is 5.75 Å². The van der Waals surface area contributed by atoms with Gasteiger partial charge in [0, 0.05) is 16.1 Å². The van der Waals surface area contributed by atoms with Gasteiger partial charge in [-0.3, -0.25) is 14.9 Å². The number of amides is 1. The average Bonchev–Trinajstić information content (AvgIpc) is 2.47. The number of benzene rings is 2. The fourth-order valence-electron chi connectivity index (χ4n) is 1.82. The van der Waals surface area contributed by atoms with Gasteiger partial charge in [-0.15, -0.1) is 0 Å². The van der Waals surface area contributed by atoms with Crippen LogP contribution in [0, 0.1) is 17.0 Å². The summed E-state index contributed by atoms with van der Waals surface area (Å²) in [4.78, 5) is 22.1. The number of hydrogen-bond donors (Lipinski definition) is 1. The standard InChI is InChI=1S/C15H13BrN2O4/c1-10-8-11(6-7-14(10)18(20)21)22-9-15(19)17-13-5-3-2-4-12(13)16/h2-8H,9H2,1H3,(H,17,19). The highest BCUT2D eigenvalue weighted by Crippen LogP contribution is 2.23. The maximum Gasteiger partial charge on any atom is 0.272 e. The van der Waals surface area contributed by atoms with Gasteiger partial charge in [-0.2, -0.15) is 0 Å². The van der Waals surface area contributed by atoms with E-state index >= 15 is 0 Å². The second-order valence-electron chi connectivity index (χ2n) is 4.52. The summed E-state index contributed by atoms with van der Waals surface area (Å²) in [6, 6.07) is 11.6. The third-order valence-corrected chi connectivity index (χ3v) is 3.57. The average molecular weight is 365 g/mol. The first-order chi connectivity index (χ1) is 10.5. The van der Waals surface area contributed by atoms with Crippen molar-refractivity contribution in [1.82, 2.24) is 0 Å². The second-order valence-corrected chi connectivity index (χ2v) is 5.38. The molecule has 1 N–H and O–H groups in total. The lowest BCUT2D eigenvalue weighted by Crippen LogP contribution is -2.20. The molecule has 1 amide bonds. The maximum atomic E-state index is 11.8. The Morgan fingerprint density at radius 1 is 1.32 bits per heavy atom. The van der Waals surface area contributed by atoms with Gasteiger partial charge in [-0.05, 0) is 47.1 Å². The van der Waals surface area contributed by atoms with Crippen molar-refractivity contribution in [2.75, 3.05) is 11.9 Å². The quantitative estimate of drug-likeness (QED) is 0.647. The second kappa shape index (κ2) is 7.04. The van der Waals surface area contributed by atoms with E-state index in [2.05, 4.69) is 21.2 Å². The minimum Gasteiger partial charge on any atom is -0.484 e. The van der Waals surface area contributed by atoms with Gasteiger partial charge in [0.1, 0.15) is 5.75 Å². The van der Waals surface area contributed by atoms with Gasteiger partial charge in [-0.1, -0.05) is 12.1 Å². The number of rotatable bonds is 5. The molecule has 0 atom stereocenters. The van der Waals surface area contributed by atoms with E-state index in [0.29, 0.717) is 17.0 Å². The van der Waals surface area contributed by atoms with Gasteiger partial charge in [0.2, 0.25) is 0 Å². The van der Waals surface area contributed by atoms with Gasteiger partial charge in [0.05, 0.1) is 10.6 Å². The fourth-order valence-corrected chi connectivity index (χ4v) is 2.20. The topological polar surface area (TPSA) is 81.5 Å². The largest absolute Gasteiger partial charge is 0.484 e. The summed E-state index contributed by atoms with van der Waals surface area (Å²) in [6.07, 6.45) is 0. The Bertz CT molecular complexity index is 718. The number of anilines is 1. The first-order valence-corrected chi connectivity index (χ1v) is 7.19. The SMILES string of the molecule is Cc1cc(OCC(=O)Nc2ccccc2Br)ccc1[N+](=O)[O-]. The van der Waals surface area contributed by atoms with E-state index in [-0.39, 0.29) is 18.2 Å². The molecule has 2 aromatic rings. The molecule has 0 saturated heterocycles. The highest BCUT2D eigenvalue weighted by Gasteiger charge is 2.11. The summed E-state index contributed by atoms with van der Waals surface area (Å²) < 4.78 is 6.12. The summed E-state index contributed by atoms with van der Waals surface area (Å²) in [5, 5.41) is 13.4. The lowest BCUT2D eigenvalue weighted by Gasteiger charge is -2.09. The van der Waals surface area contributed by atoms with Crippen LogP contribution in [-0.2, 0) is 4.79 Å². The number of hydrogen-bond acceptors (Lipinski definition) is 4. The molecule has 0 radical (unpaired) electrons. The molecule has 0 aliphatic carbocycles. The van der Waals surface area contributed by atoms with Crippen LogP contribution in [0.4, 0.5) is 11.4 Å². The molecule has 7 heteroatoms. The molecule has 0 aliphatic rings. The maximum absolute atomic E-state index is 11.8. The predicted molar refractivity (Wildman–Crippen MR) is 86.1 cm³/mol. The molecule has 0 heterocycles. The number of nitro groups is 1. The van der Waals surface area contributed by atoms with Crippen LogP contribution in [0.3, 0.4) is 0 Å². The highest BCUT2D eigenvalue weighted by atomic mass is 79.9. The summed E-state index contributed by atoms with van der Waals surface area (Å²) in [7, 11) is 0. The third kappa shape index (κ3) is 4.05. The van der Waals surface area contributed by atoms with Crippen LogP contribution in [0.5, 0.6) is 5.75 Å². The Morgan fingerprint density at radius 3 is 2.68 bits per heavy atom. The number of nitrogens with one attached hydrogen (secondary N) is 1. The molecule has 0 aromatic heterocycles. The van der Waals surface area contributed by atoms with Crippen molar-refractivity contribution in [2.24, 2.45) is 0 Å². The van der Waals surface area contributed by atoms with Gasteiger partial charge in [0.15, 0.2) is 6.61 Å².